The molecule has 6 heteroatoms. The van der Waals surface area contributed by atoms with Crippen molar-refractivity contribution in [1.29, 1.82) is 0 Å². The fraction of sp³-hybridized carbons (Fsp3) is 0.304. The monoisotopic (exact) mass is 396 g/mol. The van der Waals surface area contributed by atoms with Crippen molar-refractivity contribution >= 4 is 16.9 Å². The van der Waals surface area contributed by atoms with Gasteiger partial charge in [-0.2, -0.15) is 0 Å². The van der Waals surface area contributed by atoms with Crippen LogP contribution in [0.1, 0.15) is 30.5 Å². The Bertz CT molecular complexity index is 1040. The van der Waals surface area contributed by atoms with Crippen LogP contribution in [0.4, 0.5) is 4.39 Å². The molecule has 3 aromatic rings. The summed E-state index contributed by atoms with van der Waals surface area (Å²) < 4.78 is 18.3. The number of rotatable bonds is 8. The second-order valence-electron chi connectivity index (χ2n) is 6.98. The average molecular weight is 396 g/mol. The molecular weight excluding hydrogens is 371 g/mol. The lowest BCUT2D eigenvalue weighted by Crippen LogP contribution is -2.36. The van der Waals surface area contributed by atoms with Crippen LogP contribution in [0.15, 0.2) is 57.7 Å². The number of halogens is 1. The molecule has 5 nitrogen and oxygen atoms in total. The number of amides is 1. The van der Waals surface area contributed by atoms with Gasteiger partial charge in [-0.15, -0.1) is 0 Å². The van der Waals surface area contributed by atoms with Gasteiger partial charge in [0.2, 0.25) is 5.91 Å². The van der Waals surface area contributed by atoms with E-state index in [2.05, 4.69) is 5.32 Å². The smallest absolute Gasteiger partial charge is 0.336 e. The third kappa shape index (κ3) is 5.51. The minimum Gasteiger partial charge on any atom is -0.423 e. The van der Waals surface area contributed by atoms with Gasteiger partial charge in [0, 0.05) is 24.5 Å². The summed E-state index contributed by atoms with van der Waals surface area (Å²) in [5.41, 5.74) is 2.96. The average Bonchev–Trinajstić information content (AvgIpc) is 2.72. The predicted molar refractivity (Wildman–Crippen MR) is 111 cm³/mol. The Morgan fingerprint density at radius 2 is 1.79 bits per heavy atom. The molecule has 29 heavy (non-hydrogen) atoms. The van der Waals surface area contributed by atoms with Gasteiger partial charge in [-0.3, -0.25) is 9.69 Å². The molecular formula is C23H25FN2O3. The lowest BCUT2D eigenvalue weighted by Gasteiger charge is -2.20. The second kappa shape index (κ2) is 9.47. The molecule has 0 saturated heterocycles. The molecule has 0 radical (unpaired) electrons. The molecule has 152 valence electrons. The molecule has 1 amide bonds. The van der Waals surface area contributed by atoms with Crippen LogP contribution in [0.5, 0.6) is 0 Å². The van der Waals surface area contributed by atoms with Gasteiger partial charge >= 0.3 is 5.63 Å². The Morgan fingerprint density at radius 3 is 2.48 bits per heavy atom. The summed E-state index contributed by atoms with van der Waals surface area (Å²) in [6.07, 6.45) is 0.860. The highest BCUT2D eigenvalue weighted by atomic mass is 19.1. The Kier molecular flexibility index (Phi) is 6.77. The van der Waals surface area contributed by atoms with Crippen LogP contribution < -0.4 is 10.9 Å². The number of carbonyl (C=O) groups excluding carboxylic acids is 1. The van der Waals surface area contributed by atoms with Crippen molar-refractivity contribution in [3.8, 4) is 0 Å². The highest BCUT2D eigenvalue weighted by molar-refractivity contribution is 5.81. The summed E-state index contributed by atoms with van der Waals surface area (Å²) in [5, 5.41) is 3.73. The van der Waals surface area contributed by atoms with E-state index in [1.54, 1.807) is 12.1 Å². The Balaban J connectivity index is 1.68. The minimum absolute atomic E-state index is 0.128. The number of hydrogen-bond acceptors (Lipinski definition) is 4. The van der Waals surface area contributed by atoms with Crippen molar-refractivity contribution in [3.05, 3.63) is 81.5 Å². The quantitative estimate of drug-likeness (QED) is 0.591. The van der Waals surface area contributed by atoms with Crippen LogP contribution in [0.2, 0.25) is 0 Å². The van der Waals surface area contributed by atoms with E-state index < -0.39 is 5.63 Å². The topological polar surface area (TPSA) is 62.6 Å². The number of nitrogens with one attached hydrogen (secondary N) is 1. The number of fused-ring (bicyclic) bond motifs is 1. The molecule has 0 aliphatic carbocycles. The molecule has 2 aromatic carbocycles. The molecule has 0 aliphatic heterocycles. The van der Waals surface area contributed by atoms with Crippen LogP contribution >= 0.6 is 0 Å². The summed E-state index contributed by atoms with van der Waals surface area (Å²) in [6.45, 7) is 5.68. The van der Waals surface area contributed by atoms with Gasteiger partial charge in [0.1, 0.15) is 11.4 Å². The van der Waals surface area contributed by atoms with Gasteiger partial charge in [0.15, 0.2) is 0 Å². The SMILES string of the molecule is CCc1ccc2c(CN(CC)CC(=O)NCc3ccc(F)cc3)cc(=O)oc2c1. The maximum absolute atomic E-state index is 13.0. The number of aryl methyl sites for hydroxylation is 1. The normalized spacial score (nSPS) is 11.2. The number of benzene rings is 2. The van der Waals surface area contributed by atoms with Gasteiger partial charge in [0.05, 0.1) is 6.54 Å². The number of hydrogen-bond donors (Lipinski definition) is 1. The third-order valence-corrected chi connectivity index (χ3v) is 4.91. The van der Waals surface area contributed by atoms with E-state index in [9.17, 15) is 14.0 Å². The molecule has 0 aliphatic rings. The van der Waals surface area contributed by atoms with Gasteiger partial charge < -0.3 is 9.73 Å². The lowest BCUT2D eigenvalue weighted by molar-refractivity contribution is -0.122. The predicted octanol–water partition coefficient (Wildman–Crippen LogP) is 3.63. The van der Waals surface area contributed by atoms with E-state index in [-0.39, 0.29) is 18.3 Å². The zero-order valence-corrected chi connectivity index (χ0v) is 16.7. The van der Waals surface area contributed by atoms with Gasteiger partial charge in [0.25, 0.3) is 0 Å². The first-order valence-electron chi connectivity index (χ1n) is 9.77. The summed E-state index contributed by atoms with van der Waals surface area (Å²) in [5.74, 6) is -0.431. The zero-order chi connectivity index (χ0) is 20.8. The van der Waals surface area contributed by atoms with Gasteiger partial charge in [-0.05, 0) is 47.9 Å². The first kappa shape index (κ1) is 20.7. The molecule has 1 aromatic heterocycles. The first-order valence-corrected chi connectivity index (χ1v) is 9.77. The Labute approximate surface area is 169 Å². The van der Waals surface area contributed by atoms with E-state index >= 15 is 0 Å². The maximum Gasteiger partial charge on any atom is 0.336 e. The molecule has 0 bridgehead atoms. The first-order chi connectivity index (χ1) is 14.0. The van der Waals surface area contributed by atoms with Gasteiger partial charge in [-0.1, -0.05) is 38.1 Å². The van der Waals surface area contributed by atoms with Gasteiger partial charge in [-0.25, -0.2) is 9.18 Å². The van der Waals surface area contributed by atoms with Crippen LogP contribution in [-0.2, 0) is 24.3 Å². The zero-order valence-electron chi connectivity index (χ0n) is 16.7. The summed E-state index contributed by atoms with van der Waals surface area (Å²) in [7, 11) is 0. The highest BCUT2D eigenvalue weighted by Gasteiger charge is 2.13. The lowest BCUT2D eigenvalue weighted by atomic mass is 10.1. The Morgan fingerprint density at radius 1 is 1.07 bits per heavy atom. The van der Waals surface area contributed by atoms with Crippen molar-refractivity contribution < 1.29 is 13.6 Å². The molecule has 0 spiro atoms. The number of carbonyl (C=O) groups is 1. The number of nitrogens with zero attached hydrogens (tertiary/aromatic N) is 1. The summed E-state index contributed by atoms with van der Waals surface area (Å²) in [6, 6.07) is 13.4. The van der Waals surface area contributed by atoms with E-state index in [4.69, 9.17) is 4.42 Å². The van der Waals surface area contributed by atoms with Crippen LogP contribution in [0.25, 0.3) is 11.0 Å². The van der Waals surface area contributed by atoms with Crippen molar-refractivity contribution in [2.45, 2.75) is 33.4 Å². The van der Waals surface area contributed by atoms with Crippen molar-refractivity contribution in [2.75, 3.05) is 13.1 Å². The largest absolute Gasteiger partial charge is 0.423 e. The highest BCUT2D eigenvalue weighted by Crippen LogP contribution is 2.20. The van der Waals surface area contributed by atoms with Crippen LogP contribution in [0, 0.1) is 5.82 Å². The van der Waals surface area contributed by atoms with Crippen molar-refractivity contribution in [2.24, 2.45) is 0 Å². The molecule has 3 rings (SSSR count). The van der Waals surface area contributed by atoms with Crippen molar-refractivity contribution in [1.82, 2.24) is 10.2 Å². The molecule has 0 atom stereocenters. The third-order valence-electron chi connectivity index (χ3n) is 4.91. The summed E-state index contributed by atoms with van der Waals surface area (Å²) >= 11 is 0. The molecule has 1 N–H and O–H groups in total. The van der Waals surface area contributed by atoms with Crippen molar-refractivity contribution in [3.63, 3.8) is 0 Å². The van der Waals surface area contributed by atoms with E-state index in [0.29, 0.717) is 25.2 Å². The Hall–Kier alpha value is -2.99. The van der Waals surface area contributed by atoms with E-state index in [0.717, 1.165) is 28.5 Å². The molecule has 1 heterocycles. The summed E-state index contributed by atoms with van der Waals surface area (Å²) in [4.78, 5) is 26.3. The standard InChI is InChI=1S/C23H25FN2O3/c1-3-16-7-10-20-18(12-23(28)29-21(20)11-16)14-26(4-2)15-22(27)25-13-17-5-8-19(24)9-6-17/h5-12H,3-4,13-15H2,1-2H3,(H,25,27). The van der Waals surface area contributed by atoms with E-state index in [1.807, 2.05) is 36.9 Å². The van der Waals surface area contributed by atoms with Crippen LogP contribution in [-0.4, -0.2) is 23.9 Å². The van der Waals surface area contributed by atoms with E-state index in [1.165, 1.54) is 18.2 Å². The fourth-order valence-electron chi connectivity index (χ4n) is 3.21. The fourth-order valence-corrected chi connectivity index (χ4v) is 3.21. The number of likely N-dealkylation sites (N-methyl/N-ethyl adjacent to an activating group) is 1. The maximum atomic E-state index is 13.0. The van der Waals surface area contributed by atoms with Crippen LogP contribution in [0.3, 0.4) is 0 Å². The molecule has 0 saturated carbocycles. The molecule has 0 fully saturated rings. The molecule has 0 unspecified atom stereocenters. The minimum atomic E-state index is -0.391. The second-order valence-corrected chi connectivity index (χ2v) is 6.98.